The minimum Gasteiger partial charge on any atom is -0.364 e. The fourth-order valence-electron chi connectivity index (χ4n) is 3.36. The molecule has 4 aromatic rings. The Kier molecular flexibility index (Phi) is 5.21. The van der Waals surface area contributed by atoms with Gasteiger partial charge in [0.05, 0.1) is 16.1 Å². The van der Waals surface area contributed by atoms with E-state index in [0.717, 1.165) is 10.9 Å². The van der Waals surface area contributed by atoms with Crippen LogP contribution in [0.1, 0.15) is 36.8 Å². The lowest BCUT2D eigenvalue weighted by molar-refractivity contribution is 0.0995. The molecule has 32 heavy (non-hydrogen) atoms. The third-order valence-corrected chi connectivity index (χ3v) is 6.45. The molecule has 0 saturated carbocycles. The number of sulfonamides is 1. The van der Waals surface area contributed by atoms with Gasteiger partial charge in [-0.1, -0.05) is 39.0 Å². The van der Waals surface area contributed by atoms with Crippen molar-refractivity contribution in [3.8, 4) is 5.69 Å². The molecular weight excluding hydrogens is 426 g/mol. The molecule has 9 heteroatoms. The highest BCUT2D eigenvalue weighted by molar-refractivity contribution is 7.92. The fraction of sp³-hybridized carbons (Fsp3) is 0.174. The lowest BCUT2D eigenvalue weighted by atomic mass is 9.87. The van der Waals surface area contributed by atoms with E-state index in [1.54, 1.807) is 48.7 Å². The molecule has 0 aliphatic rings. The molecule has 0 radical (unpaired) electrons. The number of nitrogens with zero attached hydrogens (tertiary/aromatic N) is 3. The van der Waals surface area contributed by atoms with Crippen molar-refractivity contribution in [3.63, 3.8) is 0 Å². The number of aromatic nitrogens is 3. The number of fused-ring (bicyclic) bond motifs is 1. The summed E-state index contributed by atoms with van der Waals surface area (Å²) in [5.74, 6) is -0.674. The molecule has 0 spiro atoms. The van der Waals surface area contributed by atoms with Crippen molar-refractivity contribution in [1.29, 1.82) is 0 Å². The maximum absolute atomic E-state index is 13.1. The Hall–Kier alpha value is -3.72. The highest BCUT2D eigenvalue weighted by Gasteiger charge is 2.22. The van der Waals surface area contributed by atoms with Gasteiger partial charge in [0, 0.05) is 17.6 Å². The maximum atomic E-state index is 13.1. The zero-order valence-electron chi connectivity index (χ0n) is 17.9. The van der Waals surface area contributed by atoms with Crippen molar-refractivity contribution >= 4 is 32.7 Å². The Balaban J connectivity index is 1.79. The van der Waals surface area contributed by atoms with Gasteiger partial charge in [-0.15, -0.1) is 0 Å². The van der Waals surface area contributed by atoms with Crippen molar-refractivity contribution in [3.05, 3.63) is 78.1 Å². The standard InChI is InChI=1S/C23H23N5O3S/c1-23(2,3)15-9-11-16(12-10-15)32(30,31)27-21-14-19(22(24)29)26-28(21)20-8-4-7-18-17(20)6-5-13-25-18/h4-14,27H,1-3H3,(H2,24,29). The van der Waals surface area contributed by atoms with Crippen LogP contribution in [0.25, 0.3) is 16.6 Å². The normalized spacial score (nSPS) is 12.1. The molecule has 0 atom stereocenters. The predicted molar refractivity (Wildman–Crippen MR) is 123 cm³/mol. The second-order valence-corrected chi connectivity index (χ2v) is 10.1. The van der Waals surface area contributed by atoms with Crippen LogP contribution in [0.2, 0.25) is 0 Å². The van der Waals surface area contributed by atoms with Gasteiger partial charge < -0.3 is 5.73 Å². The first-order chi connectivity index (χ1) is 15.1. The molecule has 2 aromatic heterocycles. The highest BCUT2D eigenvalue weighted by Crippen LogP contribution is 2.27. The van der Waals surface area contributed by atoms with Crippen LogP contribution < -0.4 is 10.5 Å². The number of carbonyl (C=O) groups excluding carboxylic acids is 1. The van der Waals surface area contributed by atoms with Crippen LogP contribution in [0.3, 0.4) is 0 Å². The first-order valence-electron chi connectivity index (χ1n) is 9.94. The third kappa shape index (κ3) is 4.06. The number of pyridine rings is 1. The lowest BCUT2D eigenvalue weighted by Crippen LogP contribution is -2.17. The summed E-state index contributed by atoms with van der Waals surface area (Å²) < 4.78 is 30.1. The van der Waals surface area contributed by atoms with Crippen LogP contribution in [0.4, 0.5) is 5.82 Å². The summed E-state index contributed by atoms with van der Waals surface area (Å²) in [6.45, 7) is 6.16. The lowest BCUT2D eigenvalue weighted by Gasteiger charge is -2.19. The largest absolute Gasteiger partial charge is 0.364 e. The Bertz CT molecular complexity index is 1410. The number of hydrogen-bond acceptors (Lipinski definition) is 5. The van der Waals surface area contributed by atoms with Crippen LogP contribution in [-0.4, -0.2) is 29.1 Å². The molecule has 2 heterocycles. The molecule has 2 aromatic carbocycles. The molecule has 1 amide bonds. The number of amides is 1. The minimum absolute atomic E-state index is 0.0633. The summed E-state index contributed by atoms with van der Waals surface area (Å²) in [5, 5.41) is 4.98. The summed E-state index contributed by atoms with van der Waals surface area (Å²) in [6, 6.07) is 17.0. The van der Waals surface area contributed by atoms with E-state index in [1.807, 2.05) is 12.1 Å². The number of rotatable bonds is 5. The number of hydrogen-bond donors (Lipinski definition) is 2. The van der Waals surface area contributed by atoms with Gasteiger partial charge >= 0.3 is 0 Å². The van der Waals surface area contributed by atoms with Gasteiger partial charge in [0.25, 0.3) is 15.9 Å². The third-order valence-electron chi connectivity index (χ3n) is 5.08. The topological polar surface area (TPSA) is 120 Å². The van der Waals surface area contributed by atoms with Crippen LogP contribution in [0.15, 0.2) is 71.8 Å². The Morgan fingerprint density at radius 2 is 1.75 bits per heavy atom. The summed E-state index contributed by atoms with van der Waals surface area (Å²) in [5.41, 5.74) is 7.52. The van der Waals surface area contributed by atoms with Crippen molar-refractivity contribution < 1.29 is 13.2 Å². The molecule has 0 aliphatic heterocycles. The number of nitrogens with one attached hydrogen (secondary N) is 1. The molecule has 3 N–H and O–H groups in total. The Labute approximate surface area is 186 Å². The minimum atomic E-state index is -3.95. The van der Waals surface area contributed by atoms with Gasteiger partial charge in [0.2, 0.25) is 0 Å². The predicted octanol–water partition coefficient (Wildman–Crippen LogP) is 3.62. The molecule has 0 aliphatic carbocycles. The monoisotopic (exact) mass is 449 g/mol. The first kappa shape index (κ1) is 21.5. The molecule has 0 saturated heterocycles. The second kappa shape index (κ2) is 7.76. The van der Waals surface area contributed by atoms with Crippen molar-refractivity contribution in [1.82, 2.24) is 14.8 Å². The van der Waals surface area contributed by atoms with Gasteiger partial charge in [-0.2, -0.15) is 5.10 Å². The number of nitrogens with two attached hydrogens (primary N) is 1. The zero-order chi connectivity index (χ0) is 23.1. The number of primary amides is 1. The number of benzene rings is 2. The van der Waals surface area contributed by atoms with E-state index in [1.165, 1.54) is 10.7 Å². The number of anilines is 1. The van der Waals surface area contributed by atoms with Crippen LogP contribution in [0, 0.1) is 0 Å². The number of carbonyl (C=O) groups is 1. The molecule has 0 fully saturated rings. The summed E-state index contributed by atoms with van der Waals surface area (Å²) in [6.07, 6.45) is 1.66. The Morgan fingerprint density at radius 1 is 1.03 bits per heavy atom. The summed E-state index contributed by atoms with van der Waals surface area (Å²) >= 11 is 0. The SMILES string of the molecule is CC(C)(C)c1ccc(S(=O)(=O)Nc2cc(C(N)=O)nn2-c2cccc3ncccc23)cc1. The maximum Gasteiger partial charge on any atom is 0.269 e. The molecule has 8 nitrogen and oxygen atoms in total. The van der Waals surface area contributed by atoms with Crippen molar-refractivity contribution in [2.45, 2.75) is 31.1 Å². The van der Waals surface area contributed by atoms with Crippen molar-refractivity contribution in [2.75, 3.05) is 4.72 Å². The van der Waals surface area contributed by atoms with E-state index in [4.69, 9.17) is 5.73 Å². The zero-order valence-corrected chi connectivity index (χ0v) is 18.7. The molecular formula is C23H23N5O3S. The average molecular weight is 450 g/mol. The smallest absolute Gasteiger partial charge is 0.269 e. The van der Waals surface area contributed by atoms with Gasteiger partial charge in [0.1, 0.15) is 5.82 Å². The second-order valence-electron chi connectivity index (χ2n) is 8.42. The first-order valence-corrected chi connectivity index (χ1v) is 11.4. The molecule has 164 valence electrons. The average Bonchev–Trinajstić information content (AvgIpc) is 3.16. The van der Waals surface area contributed by atoms with Crippen LogP contribution in [0.5, 0.6) is 0 Å². The van der Waals surface area contributed by atoms with Gasteiger partial charge in [0.15, 0.2) is 5.69 Å². The van der Waals surface area contributed by atoms with Gasteiger partial charge in [-0.05, 0) is 47.4 Å². The van der Waals surface area contributed by atoms with Crippen LogP contribution in [-0.2, 0) is 15.4 Å². The molecule has 0 unspecified atom stereocenters. The van der Waals surface area contributed by atoms with E-state index in [9.17, 15) is 13.2 Å². The van der Waals surface area contributed by atoms with E-state index < -0.39 is 15.9 Å². The van der Waals surface area contributed by atoms with E-state index in [2.05, 4.69) is 35.6 Å². The fourth-order valence-corrected chi connectivity index (χ4v) is 4.39. The van der Waals surface area contributed by atoms with E-state index in [0.29, 0.717) is 11.2 Å². The van der Waals surface area contributed by atoms with E-state index in [-0.39, 0.29) is 21.8 Å². The van der Waals surface area contributed by atoms with Crippen molar-refractivity contribution in [2.24, 2.45) is 5.73 Å². The molecule has 4 rings (SSSR count). The molecule has 0 bridgehead atoms. The van der Waals surface area contributed by atoms with Gasteiger partial charge in [-0.3, -0.25) is 14.5 Å². The highest BCUT2D eigenvalue weighted by atomic mass is 32.2. The Morgan fingerprint density at radius 3 is 2.41 bits per heavy atom. The quantitative estimate of drug-likeness (QED) is 0.482. The summed E-state index contributed by atoms with van der Waals surface area (Å²) in [7, 11) is -3.95. The van der Waals surface area contributed by atoms with Crippen LogP contribution >= 0.6 is 0 Å². The van der Waals surface area contributed by atoms with E-state index >= 15 is 0 Å². The van der Waals surface area contributed by atoms with Gasteiger partial charge in [-0.25, -0.2) is 13.1 Å². The summed E-state index contributed by atoms with van der Waals surface area (Å²) in [4.78, 5) is 16.2.